The molecule has 5 N–H and O–H groups in total. The summed E-state index contributed by atoms with van der Waals surface area (Å²) < 4.78 is 0. The Kier molecular flexibility index (Phi) is 10.1. The molecule has 26 nitrogen and oxygen atoms in total. The topological polar surface area (TPSA) is 397 Å². The quantitative estimate of drug-likeness (QED) is 0.109. The van der Waals surface area contributed by atoms with Crippen molar-refractivity contribution in [3.05, 3.63) is 88.0 Å². The van der Waals surface area contributed by atoms with Crippen LogP contribution in [-0.4, -0.2) is 137 Å². The summed E-state index contributed by atoms with van der Waals surface area (Å²) in [5, 5.41) is 94.9. The van der Waals surface area contributed by atoms with Crippen molar-refractivity contribution < 1.29 is 54.3 Å². The van der Waals surface area contributed by atoms with Crippen molar-refractivity contribution in [3.8, 4) is 69.1 Å². The van der Waals surface area contributed by atoms with Crippen molar-refractivity contribution >= 4 is 35.6 Å². The molecule has 0 saturated heterocycles. The number of ketones is 1. The molecule has 60 heavy (non-hydrogen) atoms. The smallest absolute Gasteiger partial charge is 0.335 e. The highest BCUT2D eigenvalue weighted by atomic mass is 16.4. The summed E-state index contributed by atoms with van der Waals surface area (Å²) in [7, 11) is 0. The molecule has 7 aromatic rings. The number of hydrogen-bond acceptors (Lipinski definition) is 21. The number of aromatic carboxylic acids is 5. The van der Waals surface area contributed by atoms with Crippen molar-refractivity contribution in [2.24, 2.45) is 0 Å². The predicted octanol–water partition coefficient (Wildman–Crippen LogP) is 1.31. The van der Waals surface area contributed by atoms with E-state index in [2.05, 4.69) is 76.1 Å². The lowest BCUT2D eigenvalue weighted by molar-refractivity contribution is 0.0676. The molecule has 0 aliphatic heterocycles. The van der Waals surface area contributed by atoms with Crippen LogP contribution in [0.5, 0.6) is 0 Å². The number of carbonyl (C=O) groups excluding carboxylic acids is 1. The molecule has 0 amide bonds. The average Bonchev–Trinajstić information content (AvgIpc) is 3.25. The molecule has 3 aromatic carbocycles. The summed E-state index contributed by atoms with van der Waals surface area (Å²) in [4.78, 5) is 83.0. The highest BCUT2D eigenvalue weighted by molar-refractivity contribution is 5.99. The number of hydrogen-bond donors (Lipinski definition) is 5. The molecule has 0 aliphatic carbocycles. The number of Topliss-reactive ketones (excluding diaryl/α,β-unsaturated/α-hetero) is 1. The third kappa shape index (κ3) is 8.07. The fourth-order valence-electron chi connectivity index (χ4n) is 5.07. The van der Waals surface area contributed by atoms with Gasteiger partial charge in [0.25, 0.3) is 0 Å². The van der Waals surface area contributed by atoms with Crippen molar-refractivity contribution in [2.75, 3.05) is 0 Å². The van der Waals surface area contributed by atoms with Gasteiger partial charge in [0.05, 0.1) is 27.8 Å². The molecular formula is C34H17N15O11. The summed E-state index contributed by atoms with van der Waals surface area (Å²) in [5.41, 5.74) is -1.70. The molecule has 294 valence electrons. The lowest BCUT2D eigenvalue weighted by atomic mass is 10.0. The Morgan fingerprint density at radius 3 is 0.717 bits per heavy atom. The van der Waals surface area contributed by atoms with E-state index < -0.39 is 35.6 Å². The fraction of sp³-hybridized carbons (Fsp3) is 0.0294. The van der Waals surface area contributed by atoms with Gasteiger partial charge in [-0.3, -0.25) is 4.79 Å². The number of carbonyl (C=O) groups is 6. The number of carboxylic acids is 5. The summed E-state index contributed by atoms with van der Waals surface area (Å²) >= 11 is 0. The van der Waals surface area contributed by atoms with E-state index in [9.17, 15) is 54.3 Å². The van der Waals surface area contributed by atoms with E-state index in [4.69, 9.17) is 0 Å². The van der Waals surface area contributed by atoms with Crippen LogP contribution in [0.4, 0.5) is 0 Å². The molecule has 0 unspecified atom stereocenters. The first-order chi connectivity index (χ1) is 28.6. The first kappa shape index (κ1) is 38.8. The summed E-state index contributed by atoms with van der Waals surface area (Å²) in [6.45, 7) is 1.24. The van der Waals surface area contributed by atoms with Crippen LogP contribution in [0, 0.1) is 0 Å². The summed E-state index contributed by atoms with van der Waals surface area (Å²) in [5.74, 6) is -10.5. The maximum Gasteiger partial charge on any atom is 0.335 e. The maximum absolute atomic E-state index is 12.1. The van der Waals surface area contributed by atoms with E-state index in [-0.39, 0.29) is 102 Å². The van der Waals surface area contributed by atoms with Crippen LogP contribution in [0.3, 0.4) is 0 Å². The molecule has 0 bridgehead atoms. The molecule has 4 aromatic heterocycles. The SMILES string of the molecule is CC(=O)c1cc(C(=O)O)cc(-c2nnc(-c3nc(-c4nnc(-c5cc(C(=O)O)cc(C(=O)O)c5)nn4)nc(-c4nnc(-c5cc(C(=O)O)cc(C(=O)O)c5)nn4)n3)nn2)c1. The second kappa shape index (κ2) is 15.6. The van der Waals surface area contributed by atoms with E-state index in [1.807, 2.05) is 0 Å². The minimum absolute atomic E-state index is 0.0548. The van der Waals surface area contributed by atoms with Crippen LogP contribution < -0.4 is 0 Å². The highest BCUT2D eigenvalue weighted by Gasteiger charge is 2.22. The Morgan fingerprint density at radius 1 is 0.300 bits per heavy atom. The molecule has 26 heteroatoms. The Labute approximate surface area is 329 Å². The van der Waals surface area contributed by atoms with Gasteiger partial charge in [-0.15, -0.1) is 61.2 Å². The third-order valence-corrected chi connectivity index (χ3v) is 7.89. The highest BCUT2D eigenvalue weighted by Crippen LogP contribution is 2.24. The lowest BCUT2D eigenvalue weighted by Crippen LogP contribution is -2.10. The van der Waals surface area contributed by atoms with Gasteiger partial charge in [0, 0.05) is 22.3 Å². The number of rotatable bonds is 12. The first-order valence-electron chi connectivity index (χ1n) is 16.3. The Bertz CT molecular complexity index is 2530. The van der Waals surface area contributed by atoms with E-state index in [1.165, 1.54) is 25.1 Å². The summed E-state index contributed by atoms with van der Waals surface area (Å²) in [6, 6.07) is 10.0. The number of carboxylic acid groups (broad SMARTS) is 5. The van der Waals surface area contributed by atoms with E-state index in [0.717, 1.165) is 36.4 Å². The minimum atomic E-state index is -1.42. The van der Waals surface area contributed by atoms with Gasteiger partial charge >= 0.3 is 29.8 Å². The van der Waals surface area contributed by atoms with Crippen LogP contribution in [-0.2, 0) is 0 Å². The second-order valence-corrected chi connectivity index (χ2v) is 11.9. The Morgan fingerprint density at radius 2 is 0.500 bits per heavy atom. The van der Waals surface area contributed by atoms with E-state index in [0.29, 0.717) is 0 Å². The minimum Gasteiger partial charge on any atom is -0.478 e. The maximum atomic E-state index is 12.1. The van der Waals surface area contributed by atoms with Gasteiger partial charge < -0.3 is 25.5 Å². The Hall–Kier alpha value is -9.49. The third-order valence-electron chi connectivity index (χ3n) is 7.89. The zero-order valence-corrected chi connectivity index (χ0v) is 29.6. The van der Waals surface area contributed by atoms with Crippen LogP contribution in [0.25, 0.3) is 69.1 Å². The molecule has 0 radical (unpaired) electrons. The van der Waals surface area contributed by atoms with Gasteiger partial charge in [-0.25, -0.2) is 38.9 Å². The fourth-order valence-corrected chi connectivity index (χ4v) is 5.07. The van der Waals surface area contributed by atoms with Gasteiger partial charge in [-0.1, -0.05) is 0 Å². The van der Waals surface area contributed by atoms with Crippen LogP contribution in [0.15, 0.2) is 54.6 Å². The predicted molar refractivity (Wildman–Crippen MR) is 191 cm³/mol. The van der Waals surface area contributed by atoms with Crippen molar-refractivity contribution in [3.63, 3.8) is 0 Å². The van der Waals surface area contributed by atoms with Gasteiger partial charge in [-0.05, 0) is 61.5 Å². The van der Waals surface area contributed by atoms with Crippen molar-refractivity contribution in [1.82, 2.24) is 76.1 Å². The molecule has 0 aliphatic rings. The molecule has 7 rings (SSSR count). The van der Waals surface area contributed by atoms with Gasteiger partial charge in [0.15, 0.2) is 5.78 Å². The normalized spacial score (nSPS) is 10.8. The first-order valence-corrected chi connectivity index (χ1v) is 16.3. The van der Waals surface area contributed by atoms with Crippen LogP contribution in [0.2, 0.25) is 0 Å². The zero-order valence-electron chi connectivity index (χ0n) is 29.6. The van der Waals surface area contributed by atoms with Crippen molar-refractivity contribution in [2.45, 2.75) is 6.92 Å². The second-order valence-electron chi connectivity index (χ2n) is 11.9. The molecular weight excluding hydrogens is 794 g/mol. The Balaban J connectivity index is 1.31. The molecule has 0 fully saturated rings. The van der Waals surface area contributed by atoms with Crippen LogP contribution in [0.1, 0.15) is 69.1 Å². The van der Waals surface area contributed by atoms with Crippen LogP contribution >= 0.6 is 0 Å². The number of nitrogens with zero attached hydrogens (tertiary/aromatic N) is 15. The standard InChI is InChI=1S/C34H17N15O11/c1-11(50)12-2-13(4-16(3-12)30(51)52)21-38-44-27(45-39-21)24-35-25(28-46-40-22(41-47-28)14-5-17(31(53)54)9-18(6-14)32(55)56)37-26(36-24)29-48-42-23(43-49-29)15-7-19(33(57)58)10-20(8-15)34(59)60/h2-10H,1H3,(H,51,52)(H,53,54)(H,55,56)(H,57,58)(H,59,60). The molecule has 4 heterocycles. The summed E-state index contributed by atoms with van der Waals surface area (Å²) in [6.07, 6.45) is 0. The lowest BCUT2D eigenvalue weighted by Gasteiger charge is -2.07. The number of benzene rings is 3. The monoisotopic (exact) mass is 811 g/mol. The van der Waals surface area contributed by atoms with Crippen molar-refractivity contribution in [1.29, 1.82) is 0 Å². The number of aromatic nitrogens is 15. The van der Waals surface area contributed by atoms with Gasteiger partial charge in [0.1, 0.15) is 0 Å². The largest absolute Gasteiger partial charge is 0.478 e. The van der Waals surface area contributed by atoms with Gasteiger partial charge in [0.2, 0.25) is 52.4 Å². The van der Waals surface area contributed by atoms with E-state index >= 15 is 0 Å². The molecule has 0 saturated carbocycles. The molecule has 0 spiro atoms. The zero-order chi connectivity index (χ0) is 42.8. The molecule has 0 atom stereocenters. The van der Waals surface area contributed by atoms with Gasteiger partial charge in [-0.2, -0.15) is 0 Å². The average molecular weight is 812 g/mol. The van der Waals surface area contributed by atoms with E-state index in [1.54, 1.807) is 0 Å².